The second kappa shape index (κ2) is 27.2. The van der Waals surface area contributed by atoms with Crippen molar-refractivity contribution < 1.29 is 9.47 Å². The highest BCUT2D eigenvalue weighted by Gasteiger charge is 2.27. The molecule has 10 aromatic rings. The molecule has 0 saturated heterocycles. The Balaban J connectivity index is 0.000000110. The fourth-order valence-corrected chi connectivity index (χ4v) is 12.4. The van der Waals surface area contributed by atoms with Crippen LogP contribution in [0.4, 0.5) is 28.4 Å². The Bertz CT molecular complexity index is 3650. The summed E-state index contributed by atoms with van der Waals surface area (Å²) in [7, 11) is 3.41. The Hall–Kier alpha value is -8.67. The van der Waals surface area contributed by atoms with Gasteiger partial charge in [0.25, 0.3) is 0 Å². The molecule has 0 fully saturated rings. The smallest absolute Gasteiger partial charge is 0.120 e. The number of halogens is 2. The van der Waals surface area contributed by atoms with Gasteiger partial charge in [-0.25, -0.2) is 24.9 Å². The summed E-state index contributed by atoms with van der Waals surface area (Å²) in [6.45, 7) is 13.2. The summed E-state index contributed by atoms with van der Waals surface area (Å²) in [6.07, 6.45) is 24.6. The van der Waals surface area contributed by atoms with Crippen molar-refractivity contribution >= 4 is 51.6 Å². The predicted octanol–water partition coefficient (Wildman–Crippen LogP) is 12.1. The molecule has 10 heterocycles. The number of para-hydroxylation sites is 1. The summed E-state index contributed by atoms with van der Waals surface area (Å²) in [6, 6.07) is 32.0. The predicted molar refractivity (Wildman–Crippen MR) is 336 cm³/mol. The Morgan fingerprint density at radius 2 is 0.988 bits per heavy atom. The lowest BCUT2D eigenvalue weighted by Gasteiger charge is -2.24. The van der Waals surface area contributed by atoms with E-state index in [0.717, 1.165) is 142 Å². The number of fused-ring (bicyclic) bond motifs is 5. The van der Waals surface area contributed by atoms with Crippen molar-refractivity contribution in [1.82, 2.24) is 49.8 Å². The molecule has 84 heavy (non-hydrogen) atoms. The summed E-state index contributed by atoms with van der Waals surface area (Å²) in [5.74, 6) is 1.85. The van der Waals surface area contributed by atoms with Crippen molar-refractivity contribution in [2.45, 2.75) is 91.1 Å². The summed E-state index contributed by atoms with van der Waals surface area (Å²) in [5.41, 5.74) is 20.6. The molecule has 5 N–H and O–H groups in total. The Labute approximate surface area is 501 Å². The molecular formula is C65H73Cl2N15O2. The number of methoxy groups -OCH3 is 2. The molecule has 0 aliphatic carbocycles. The summed E-state index contributed by atoms with van der Waals surface area (Å²) >= 11 is 12.2. The van der Waals surface area contributed by atoms with E-state index in [0.29, 0.717) is 6.04 Å². The Morgan fingerprint density at radius 3 is 1.60 bits per heavy atom. The highest BCUT2D eigenvalue weighted by molar-refractivity contribution is 6.32. The van der Waals surface area contributed by atoms with E-state index in [1.54, 1.807) is 45.9 Å². The third-order valence-corrected chi connectivity index (χ3v) is 16.7. The van der Waals surface area contributed by atoms with Crippen LogP contribution in [0.5, 0.6) is 11.5 Å². The van der Waals surface area contributed by atoms with Crippen LogP contribution in [0.15, 0.2) is 154 Å². The second-order valence-corrected chi connectivity index (χ2v) is 22.4. The van der Waals surface area contributed by atoms with Gasteiger partial charge in [-0.05, 0) is 133 Å². The molecule has 19 heteroatoms. The summed E-state index contributed by atoms with van der Waals surface area (Å²) in [5, 5.41) is 1.70. The molecule has 434 valence electrons. The van der Waals surface area contributed by atoms with Crippen molar-refractivity contribution in [2.24, 2.45) is 0 Å². The van der Waals surface area contributed by atoms with Gasteiger partial charge in [-0.2, -0.15) is 0 Å². The average Bonchev–Trinajstić information content (AvgIpc) is 4.52. The first kappa shape index (κ1) is 57.2. The van der Waals surface area contributed by atoms with Crippen molar-refractivity contribution in [1.29, 1.82) is 0 Å². The number of H-pyrrole nitrogens is 5. The number of hydrogen-bond acceptors (Lipinski definition) is 12. The Morgan fingerprint density at radius 1 is 0.476 bits per heavy atom. The first-order valence-electron chi connectivity index (χ1n) is 28.8. The van der Waals surface area contributed by atoms with Crippen molar-refractivity contribution in [3.8, 4) is 11.5 Å². The molecule has 15 rings (SSSR count). The minimum atomic E-state index is 0.506. The standard InChI is InChI=1S/C14H17N3.C13H14ClN3.2C13H15N3O.C12H12ClN3/c1-2-11-4-3-5-12-6-7-17(14(11)12)9-13-8-15-10-16-13;1-9-4-10-5-11(14)2-3-13(10)17(9)7-12-6-15-8-16-12;1-17-12-2-3-13-10(6-12)4-5-16(13)8-11-7-14-9-15-11;1-17-12-3-2-10-4-5-16(13(10)6-12)8-11-7-14-9-15-11;13-11-2-1-3-12-10(11)4-5-16(12)7-9-6-14-8-15-9/h3-5,8,10H,2,6-7,9H2,1H3,(H,15,16);2-3,5-6,8-9H,4,7H2,1H3,(H,15,16);2*2-3,6-7,9H,4-5,8H2,1H3,(H,14,15);1-3,6,8H,4-5,7H2,(H,14,15). The molecule has 0 spiro atoms. The maximum atomic E-state index is 6.17. The minimum absolute atomic E-state index is 0.506. The number of ether oxygens (including phenoxy) is 2. The van der Waals surface area contributed by atoms with Gasteiger partial charge in [0, 0.05) is 108 Å². The molecule has 1 unspecified atom stereocenters. The van der Waals surface area contributed by atoms with Gasteiger partial charge in [-0.3, -0.25) is 0 Å². The van der Waals surface area contributed by atoms with Gasteiger partial charge in [0.1, 0.15) is 11.5 Å². The minimum Gasteiger partial charge on any atom is -0.497 e. The Kier molecular flexibility index (Phi) is 18.5. The van der Waals surface area contributed by atoms with E-state index in [4.69, 9.17) is 32.7 Å². The normalized spacial score (nSPS) is 14.9. The van der Waals surface area contributed by atoms with E-state index in [1.807, 2.05) is 61.3 Å². The molecule has 5 aliphatic heterocycles. The van der Waals surface area contributed by atoms with Crippen LogP contribution in [0.2, 0.25) is 10.0 Å². The van der Waals surface area contributed by atoms with Gasteiger partial charge in [-0.1, -0.05) is 60.5 Å². The van der Waals surface area contributed by atoms with Crippen molar-refractivity contribution in [2.75, 3.05) is 64.9 Å². The second-order valence-electron chi connectivity index (χ2n) is 21.5. The zero-order valence-electron chi connectivity index (χ0n) is 48.2. The summed E-state index contributed by atoms with van der Waals surface area (Å²) < 4.78 is 10.5. The number of nitrogens with zero attached hydrogens (tertiary/aromatic N) is 10. The molecule has 17 nitrogen and oxygen atoms in total. The van der Waals surface area contributed by atoms with E-state index in [1.165, 1.54) is 67.5 Å². The fraction of sp³-hybridized carbons (Fsp3) is 0.308. The number of benzene rings is 5. The number of aryl methyl sites for hydroxylation is 1. The summed E-state index contributed by atoms with van der Waals surface area (Å²) in [4.78, 5) is 47.9. The van der Waals surface area contributed by atoms with Gasteiger partial charge >= 0.3 is 0 Å². The van der Waals surface area contributed by atoms with Crippen LogP contribution < -0.4 is 34.0 Å². The first-order chi connectivity index (χ1) is 41.2. The van der Waals surface area contributed by atoms with Crippen LogP contribution in [-0.2, 0) is 71.2 Å². The van der Waals surface area contributed by atoms with E-state index in [9.17, 15) is 0 Å². The topological polar surface area (TPSA) is 178 Å². The highest BCUT2D eigenvalue weighted by atomic mass is 35.5. The largest absolute Gasteiger partial charge is 0.497 e. The van der Waals surface area contributed by atoms with Crippen LogP contribution >= 0.6 is 23.2 Å². The average molecular weight is 1170 g/mol. The highest BCUT2D eigenvalue weighted by Crippen LogP contribution is 2.38. The van der Waals surface area contributed by atoms with E-state index < -0.39 is 0 Å². The third kappa shape index (κ3) is 13.7. The molecule has 0 amide bonds. The van der Waals surface area contributed by atoms with Crippen LogP contribution in [-0.4, -0.2) is 96.3 Å². The van der Waals surface area contributed by atoms with Gasteiger partial charge in [0.2, 0.25) is 0 Å². The monoisotopic (exact) mass is 1170 g/mol. The fourth-order valence-electron chi connectivity index (χ4n) is 11.9. The molecule has 1 atom stereocenters. The van der Waals surface area contributed by atoms with E-state index in [-0.39, 0.29) is 0 Å². The van der Waals surface area contributed by atoms with Crippen LogP contribution in [0.3, 0.4) is 0 Å². The van der Waals surface area contributed by atoms with Gasteiger partial charge in [0.05, 0.1) is 107 Å². The number of aromatic amines is 5. The molecule has 5 aromatic carbocycles. The van der Waals surface area contributed by atoms with E-state index in [2.05, 4.69) is 149 Å². The SMILES string of the molecule is CC1Cc2cc(Cl)ccc2N1Cc1cnc[nH]1.CCc1cccc2c1N(Cc1cnc[nH]1)CC2.COc1ccc2c(c1)CCN2Cc1cnc[nH]1.COc1ccc2c(c1)N(Cc1cnc[nH]1)CC2.Clc1cccc2c1CCN2Cc1cnc[nH]1. The number of nitrogens with one attached hydrogen (secondary N) is 5. The van der Waals surface area contributed by atoms with Gasteiger partial charge < -0.3 is 58.9 Å². The molecule has 0 radical (unpaired) electrons. The van der Waals surface area contributed by atoms with Crippen LogP contribution in [0.1, 0.15) is 75.7 Å². The lowest BCUT2D eigenvalue weighted by atomic mass is 10.1. The van der Waals surface area contributed by atoms with Gasteiger partial charge in [-0.15, -0.1) is 0 Å². The van der Waals surface area contributed by atoms with E-state index >= 15 is 0 Å². The third-order valence-electron chi connectivity index (χ3n) is 16.1. The molecule has 0 saturated carbocycles. The van der Waals surface area contributed by atoms with Crippen LogP contribution in [0.25, 0.3) is 0 Å². The number of hydrogen-bond donors (Lipinski definition) is 5. The number of imidazole rings is 5. The molecule has 5 aliphatic rings. The number of anilines is 5. The number of rotatable bonds is 13. The lowest BCUT2D eigenvalue weighted by molar-refractivity contribution is 0.414. The maximum absolute atomic E-state index is 6.17. The van der Waals surface area contributed by atoms with Crippen LogP contribution in [0, 0.1) is 0 Å². The molecule has 0 bridgehead atoms. The van der Waals surface area contributed by atoms with Crippen molar-refractivity contribution in [3.05, 3.63) is 226 Å². The quantitative estimate of drug-likeness (QED) is 0.0739. The zero-order chi connectivity index (χ0) is 57.8. The van der Waals surface area contributed by atoms with Crippen molar-refractivity contribution in [3.63, 3.8) is 0 Å². The lowest BCUT2D eigenvalue weighted by Crippen LogP contribution is -2.28. The molecule has 5 aromatic heterocycles. The first-order valence-corrected chi connectivity index (χ1v) is 29.6. The number of aromatic nitrogens is 10. The molecular weight excluding hydrogens is 1090 g/mol. The zero-order valence-corrected chi connectivity index (χ0v) is 49.7. The maximum Gasteiger partial charge on any atom is 0.120 e. The van der Waals surface area contributed by atoms with Gasteiger partial charge in [0.15, 0.2) is 0 Å².